The number of hydrogen-bond acceptors (Lipinski definition) is 3. The van der Waals surface area contributed by atoms with Gasteiger partial charge in [0.2, 0.25) is 0 Å². The lowest BCUT2D eigenvalue weighted by Crippen LogP contribution is -2.13. The van der Waals surface area contributed by atoms with Crippen molar-refractivity contribution >= 4 is 11.7 Å². The van der Waals surface area contributed by atoms with E-state index in [-0.39, 0.29) is 5.82 Å². The number of nitrogens with zero attached hydrogens (tertiary/aromatic N) is 2. The molecule has 19 heavy (non-hydrogen) atoms. The highest BCUT2D eigenvalue weighted by atomic mass is 19.1. The summed E-state index contributed by atoms with van der Waals surface area (Å²) < 4.78 is 14.7. The van der Waals surface area contributed by atoms with Gasteiger partial charge in [-0.3, -0.25) is 9.48 Å². The number of aryl methyl sites for hydroxylation is 2. The van der Waals surface area contributed by atoms with Gasteiger partial charge in [0.1, 0.15) is 11.4 Å². The van der Waals surface area contributed by atoms with Crippen molar-refractivity contribution in [3.8, 4) is 0 Å². The van der Waals surface area contributed by atoms with Crippen LogP contribution in [-0.4, -0.2) is 15.7 Å². The third-order valence-electron chi connectivity index (χ3n) is 2.85. The molecule has 100 valence electrons. The monoisotopic (exact) mass is 262 g/mol. The SMILES string of the molecule is Cc1ccc(F)cc1CNc1nn(C)cc1C(N)=O. The van der Waals surface area contributed by atoms with Crippen molar-refractivity contribution in [3.63, 3.8) is 0 Å². The van der Waals surface area contributed by atoms with Gasteiger partial charge >= 0.3 is 0 Å². The summed E-state index contributed by atoms with van der Waals surface area (Å²) in [5.74, 6) is -0.441. The number of carbonyl (C=O) groups excluding carboxylic acids is 1. The smallest absolute Gasteiger partial charge is 0.254 e. The number of carbonyl (C=O) groups is 1. The Morgan fingerprint density at radius 2 is 2.26 bits per heavy atom. The molecule has 2 aromatic rings. The van der Waals surface area contributed by atoms with E-state index < -0.39 is 5.91 Å². The number of amides is 1. The molecular weight excluding hydrogens is 247 g/mol. The Balaban J connectivity index is 2.19. The van der Waals surface area contributed by atoms with Crippen LogP contribution in [0.2, 0.25) is 0 Å². The van der Waals surface area contributed by atoms with Gasteiger partial charge < -0.3 is 11.1 Å². The van der Waals surface area contributed by atoms with E-state index in [1.54, 1.807) is 19.3 Å². The minimum Gasteiger partial charge on any atom is -0.365 e. The van der Waals surface area contributed by atoms with Crippen molar-refractivity contribution < 1.29 is 9.18 Å². The Morgan fingerprint density at radius 3 is 2.95 bits per heavy atom. The zero-order valence-electron chi connectivity index (χ0n) is 10.8. The number of aromatic nitrogens is 2. The Hall–Kier alpha value is -2.37. The fourth-order valence-electron chi connectivity index (χ4n) is 1.81. The molecule has 0 aliphatic rings. The van der Waals surface area contributed by atoms with Gasteiger partial charge in [0, 0.05) is 19.8 Å². The molecule has 0 atom stereocenters. The molecule has 1 amide bonds. The topological polar surface area (TPSA) is 72.9 Å². The predicted molar refractivity (Wildman–Crippen MR) is 70.2 cm³/mol. The molecule has 6 heteroatoms. The van der Waals surface area contributed by atoms with Crippen molar-refractivity contribution in [2.45, 2.75) is 13.5 Å². The molecule has 0 aliphatic carbocycles. The van der Waals surface area contributed by atoms with Crippen LogP contribution in [0.1, 0.15) is 21.5 Å². The first-order valence-corrected chi connectivity index (χ1v) is 5.79. The molecule has 0 aliphatic heterocycles. The minimum atomic E-state index is -0.549. The van der Waals surface area contributed by atoms with E-state index >= 15 is 0 Å². The van der Waals surface area contributed by atoms with Crippen molar-refractivity contribution in [2.24, 2.45) is 12.8 Å². The van der Waals surface area contributed by atoms with E-state index in [9.17, 15) is 9.18 Å². The predicted octanol–water partition coefficient (Wildman–Crippen LogP) is 1.58. The summed E-state index contributed by atoms with van der Waals surface area (Å²) in [5, 5.41) is 7.11. The first-order chi connectivity index (χ1) is 8.97. The fraction of sp³-hybridized carbons (Fsp3) is 0.231. The second-order valence-corrected chi connectivity index (χ2v) is 4.35. The van der Waals surface area contributed by atoms with Crippen LogP contribution in [-0.2, 0) is 13.6 Å². The van der Waals surface area contributed by atoms with Crippen LogP contribution in [0, 0.1) is 12.7 Å². The Morgan fingerprint density at radius 1 is 1.53 bits per heavy atom. The summed E-state index contributed by atoms with van der Waals surface area (Å²) in [6.07, 6.45) is 1.54. The number of halogens is 1. The van der Waals surface area contributed by atoms with Crippen LogP contribution in [0.5, 0.6) is 0 Å². The number of rotatable bonds is 4. The van der Waals surface area contributed by atoms with Crippen molar-refractivity contribution in [1.29, 1.82) is 0 Å². The second kappa shape index (κ2) is 5.09. The normalized spacial score (nSPS) is 10.5. The quantitative estimate of drug-likeness (QED) is 0.878. The Labute approximate surface area is 110 Å². The van der Waals surface area contributed by atoms with Crippen LogP contribution < -0.4 is 11.1 Å². The van der Waals surface area contributed by atoms with E-state index in [0.717, 1.165) is 11.1 Å². The van der Waals surface area contributed by atoms with Crippen LogP contribution in [0.15, 0.2) is 24.4 Å². The second-order valence-electron chi connectivity index (χ2n) is 4.35. The van der Waals surface area contributed by atoms with E-state index in [1.807, 2.05) is 6.92 Å². The minimum absolute atomic E-state index is 0.293. The molecular formula is C13H15FN4O. The average Bonchev–Trinajstić information content (AvgIpc) is 2.72. The fourth-order valence-corrected chi connectivity index (χ4v) is 1.81. The summed E-state index contributed by atoms with van der Waals surface area (Å²) in [6.45, 7) is 2.27. The summed E-state index contributed by atoms with van der Waals surface area (Å²) in [7, 11) is 1.70. The molecule has 0 unspecified atom stereocenters. The van der Waals surface area contributed by atoms with E-state index in [2.05, 4.69) is 10.4 Å². The summed E-state index contributed by atoms with van der Waals surface area (Å²) in [5.41, 5.74) is 7.34. The molecule has 0 fully saturated rings. The largest absolute Gasteiger partial charge is 0.365 e. The average molecular weight is 262 g/mol. The Kier molecular flexibility index (Phi) is 3.50. The lowest BCUT2D eigenvalue weighted by molar-refractivity contribution is 0.100. The van der Waals surface area contributed by atoms with E-state index in [4.69, 9.17) is 5.73 Å². The van der Waals surface area contributed by atoms with Crippen molar-refractivity contribution in [3.05, 3.63) is 46.9 Å². The third-order valence-corrected chi connectivity index (χ3v) is 2.85. The van der Waals surface area contributed by atoms with Crippen LogP contribution >= 0.6 is 0 Å². The zero-order valence-corrected chi connectivity index (χ0v) is 10.8. The van der Waals surface area contributed by atoms with Gasteiger partial charge in [0.05, 0.1) is 0 Å². The molecule has 5 nitrogen and oxygen atoms in total. The van der Waals surface area contributed by atoms with Gasteiger partial charge in [-0.1, -0.05) is 6.07 Å². The molecule has 0 saturated heterocycles. The first-order valence-electron chi connectivity index (χ1n) is 5.79. The van der Waals surface area contributed by atoms with Gasteiger partial charge in [-0.05, 0) is 30.2 Å². The number of nitrogens with one attached hydrogen (secondary N) is 1. The van der Waals surface area contributed by atoms with Gasteiger partial charge in [-0.2, -0.15) is 5.10 Å². The Bertz CT molecular complexity index is 621. The van der Waals surface area contributed by atoms with Gasteiger partial charge in [-0.15, -0.1) is 0 Å². The van der Waals surface area contributed by atoms with Crippen molar-refractivity contribution in [2.75, 3.05) is 5.32 Å². The summed E-state index contributed by atoms with van der Waals surface area (Å²) in [4.78, 5) is 11.2. The van der Waals surface area contributed by atoms with E-state index in [0.29, 0.717) is 17.9 Å². The maximum atomic E-state index is 13.2. The van der Waals surface area contributed by atoms with E-state index in [1.165, 1.54) is 16.8 Å². The molecule has 2 rings (SSSR count). The number of anilines is 1. The number of benzene rings is 1. The lowest BCUT2D eigenvalue weighted by atomic mass is 10.1. The number of hydrogen-bond donors (Lipinski definition) is 2. The highest BCUT2D eigenvalue weighted by molar-refractivity contribution is 5.97. The molecule has 1 heterocycles. The lowest BCUT2D eigenvalue weighted by Gasteiger charge is -2.08. The van der Waals surface area contributed by atoms with Crippen molar-refractivity contribution in [1.82, 2.24) is 9.78 Å². The van der Waals surface area contributed by atoms with Gasteiger partial charge in [0.25, 0.3) is 5.91 Å². The summed E-state index contributed by atoms with van der Waals surface area (Å²) in [6, 6.07) is 4.57. The standard InChI is InChI=1S/C13H15FN4O/c1-8-3-4-10(14)5-9(8)6-16-13-11(12(15)19)7-18(2)17-13/h3-5,7H,6H2,1-2H3,(H2,15,19)(H,16,17). The zero-order chi connectivity index (χ0) is 14.0. The number of primary amides is 1. The highest BCUT2D eigenvalue weighted by Crippen LogP contribution is 2.15. The summed E-state index contributed by atoms with van der Waals surface area (Å²) >= 11 is 0. The highest BCUT2D eigenvalue weighted by Gasteiger charge is 2.12. The molecule has 1 aromatic carbocycles. The molecule has 0 saturated carbocycles. The van der Waals surface area contributed by atoms with Crippen LogP contribution in [0.4, 0.5) is 10.2 Å². The molecule has 1 aromatic heterocycles. The molecule has 0 bridgehead atoms. The molecule has 3 N–H and O–H groups in total. The van der Waals surface area contributed by atoms with Gasteiger partial charge in [-0.25, -0.2) is 4.39 Å². The first kappa shape index (κ1) is 13.1. The van der Waals surface area contributed by atoms with Crippen LogP contribution in [0.3, 0.4) is 0 Å². The van der Waals surface area contributed by atoms with Gasteiger partial charge in [0.15, 0.2) is 5.82 Å². The molecule has 0 radical (unpaired) electrons. The maximum absolute atomic E-state index is 13.2. The maximum Gasteiger partial charge on any atom is 0.254 e. The molecule has 0 spiro atoms. The number of nitrogens with two attached hydrogens (primary N) is 1. The third kappa shape index (κ3) is 2.90. The van der Waals surface area contributed by atoms with Crippen LogP contribution in [0.25, 0.3) is 0 Å².